The molecule has 0 aromatic carbocycles. The lowest BCUT2D eigenvalue weighted by Crippen LogP contribution is -2.38. The molecule has 0 unspecified atom stereocenters. The minimum Gasteiger partial charge on any atom is -0.481 e. The van der Waals surface area contributed by atoms with Gasteiger partial charge in [0.2, 0.25) is 0 Å². The maximum Gasteiger partial charge on any atom is 0.304 e. The molecule has 2 rings (SSSR count). The predicted octanol–water partition coefficient (Wildman–Crippen LogP) is 2.26. The summed E-state index contributed by atoms with van der Waals surface area (Å²) >= 11 is 0. The van der Waals surface area contributed by atoms with E-state index in [0.717, 1.165) is 18.8 Å². The number of aliphatic carboxylic acids is 1. The minimum absolute atomic E-state index is 0.115. The third kappa shape index (κ3) is 1.66. The highest BCUT2D eigenvalue weighted by molar-refractivity contribution is 5.69. The quantitative estimate of drug-likeness (QED) is 0.861. The molecule has 5 heteroatoms. The second kappa shape index (κ2) is 3.81. The molecule has 1 aliphatic rings. The highest BCUT2D eigenvalue weighted by atomic mass is 19.1. The lowest BCUT2D eigenvalue weighted by atomic mass is 9.62. The number of carbonyl (C=O) groups is 1. The van der Waals surface area contributed by atoms with Gasteiger partial charge in [0.1, 0.15) is 11.6 Å². The van der Waals surface area contributed by atoms with Crippen molar-refractivity contribution in [2.45, 2.75) is 31.1 Å². The van der Waals surface area contributed by atoms with Gasteiger partial charge in [0.25, 0.3) is 0 Å². The lowest BCUT2D eigenvalue weighted by Gasteiger charge is -2.41. The fourth-order valence-electron chi connectivity index (χ4n) is 2.33. The first-order valence-corrected chi connectivity index (χ1v) is 5.06. The number of pyridine rings is 1. The largest absolute Gasteiger partial charge is 0.481 e. The van der Waals surface area contributed by atoms with Crippen LogP contribution in [0, 0.1) is 11.6 Å². The van der Waals surface area contributed by atoms with E-state index >= 15 is 0 Å². The Labute approximate surface area is 91.1 Å². The van der Waals surface area contributed by atoms with E-state index in [2.05, 4.69) is 4.98 Å². The number of nitrogens with zero attached hydrogens (tertiary/aromatic N) is 1. The maximum absolute atomic E-state index is 13.5. The topological polar surface area (TPSA) is 50.2 Å². The molecule has 0 radical (unpaired) electrons. The van der Waals surface area contributed by atoms with Crippen molar-refractivity contribution < 1.29 is 18.7 Å². The van der Waals surface area contributed by atoms with Crippen LogP contribution in [0.4, 0.5) is 8.78 Å². The summed E-state index contributed by atoms with van der Waals surface area (Å²) < 4.78 is 27.0. The molecular weight excluding hydrogens is 216 g/mol. The molecule has 1 N–H and O–H groups in total. The molecule has 1 aromatic rings. The van der Waals surface area contributed by atoms with Gasteiger partial charge in [-0.1, -0.05) is 6.42 Å². The molecule has 86 valence electrons. The van der Waals surface area contributed by atoms with Crippen molar-refractivity contribution in [3.05, 3.63) is 29.6 Å². The van der Waals surface area contributed by atoms with Crippen molar-refractivity contribution in [1.29, 1.82) is 0 Å². The Kier molecular flexibility index (Phi) is 2.61. The van der Waals surface area contributed by atoms with Gasteiger partial charge >= 0.3 is 5.97 Å². The summed E-state index contributed by atoms with van der Waals surface area (Å²) in [5.74, 6) is -2.53. The summed E-state index contributed by atoms with van der Waals surface area (Å²) in [5, 5.41) is 8.80. The SMILES string of the molecule is O=C(O)CC1(c2c(F)cncc2F)CCC1. The molecule has 1 saturated carbocycles. The summed E-state index contributed by atoms with van der Waals surface area (Å²) in [4.78, 5) is 14.1. The van der Waals surface area contributed by atoms with E-state index in [-0.39, 0.29) is 12.0 Å². The van der Waals surface area contributed by atoms with Crippen LogP contribution in [0.15, 0.2) is 12.4 Å². The smallest absolute Gasteiger partial charge is 0.304 e. The molecule has 1 aliphatic carbocycles. The second-order valence-corrected chi connectivity index (χ2v) is 4.18. The number of hydrogen-bond donors (Lipinski definition) is 1. The first-order chi connectivity index (χ1) is 7.55. The van der Waals surface area contributed by atoms with Crippen LogP contribution in [0.25, 0.3) is 0 Å². The number of carboxylic acids is 1. The summed E-state index contributed by atoms with van der Waals surface area (Å²) in [7, 11) is 0. The second-order valence-electron chi connectivity index (χ2n) is 4.18. The van der Waals surface area contributed by atoms with Crippen molar-refractivity contribution in [3.63, 3.8) is 0 Å². The first kappa shape index (κ1) is 11.0. The molecule has 0 saturated heterocycles. The van der Waals surface area contributed by atoms with Gasteiger partial charge in [-0.25, -0.2) is 8.78 Å². The van der Waals surface area contributed by atoms with Gasteiger partial charge in [-0.05, 0) is 12.8 Å². The van der Waals surface area contributed by atoms with Gasteiger partial charge in [0.05, 0.1) is 18.8 Å². The minimum atomic E-state index is -1.03. The number of hydrogen-bond acceptors (Lipinski definition) is 2. The zero-order chi connectivity index (χ0) is 11.8. The van der Waals surface area contributed by atoms with E-state index in [0.29, 0.717) is 12.8 Å². The van der Waals surface area contributed by atoms with Crippen LogP contribution in [0.1, 0.15) is 31.2 Å². The maximum atomic E-state index is 13.5. The van der Waals surface area contributed by atoms with Crippen molar-refractivity contribution in [2.75, 3.05) is 0 Å². The van der Waals surface area contributed by atoms with E-state index < -0.39 is 23.0 Å². The van der Waals surface area contributed by atoms with Gasteiger partial charge in [-0.15, -0.1) is 0 Å². The Morgan fingerprint density at radius 1 is 1.38 bits per heavy atom. The van der Waals surface area contributed by atoms with Gasteiger partial charge in [0.15, 0.2) is 0 Å². The van der Waals surface area contributed by atoms with Crippen LogP contribution in [0.5, 0.6) is 0 Å². The molecule has 0 bridgehead atoms. The Morgan fingerprint density at radius 3 is 2.31 bits per heavy atom. The molecule has 1 heterocycles. The summed E-state index contributed by atoms with van der Waals surface area (Å²) in [6.07, 6.45) is 3.45. The van der Waals surface area contributed by atoms with Crippen LogP contribution in [0.3, 0.4) is 0 Å². The molecule has 0 amide bonds. The van der Waals surface area contributed by atoms with E-state index in [4.69, 9.17) is 5.11 Å². The summed E-state index contributed by atoms with van der Waals surface area (Å²) in [6, 6.07) is 0. The number of halogens is 2. The van der Waals surface area contributed by atoms with E-state index in [1.54, 1.807) is 0 Å². The molecular formula is C11H11F2NO2. The standard InChI is InChI=1S/C11H11F2NO2/c12-7-5-14-6-8(13)10(7)11(2-1-3-11)4-9(15)16/h5-6H,1-4H2,(H,15,16). The first-order valence-electron chi connectivity index (χ1n) is 5.06. The molecule has 0 spiro atoms. The fraction of sp³-hybridized carbons (Fsp3) is 0.455. The van der Waals surface area contributed by atoms with Crippen molar-refractivity contribution in [3.8, 4) is 0 Å². The van der Waals surface area contributed by atoms with E-state index in [9.17, 15) is 13.6 Å². The molecule has 0 atom stereocenters. The Bertz CT molecular complexity index is 410. The summed E-state index contributed by atoms with van der Waals surface area (Å²) in [6.45, 7) is 0. The Hall–Kier alpha value is -1.52. The van der Waals surface area contributed by atoms with Crippen LogP contribution in [-0.4, -0.2) is 16.1 Å². The monoisotopic (exact) mass is 227 g/mol. The van der Waals surface area contributed by atoms with Crippen LogP contribution in [-0.2, 0) is 10.2 Å². The molecule has 1 fully saturated rings. The van der Waals surface area contributed by atoms with Crippen molar-refractivity contribution in [2.24, 2.45) is 0 Å². The van der Waals surface area contributed by atoms with Crippen LogP contribution >= 0.6 is 0 Å². The van der Waals surface area contributed by atoms with Gasteiger partial charge in [-0.3, -0.25) is 9.78 Å². The summed E-state index contributed by atoms with van der Waals surface area (Å²) in [5.41, 5.74) is -0.987. The number of rotatable bonds is 3. The van der Waals surface area contributed by atoms with Crippen molar-refractivity contribution in [1.82, 2.24) is 4.98 Å². The third-order valence-electron chi connectivity index (χ3n) is 3.18. The zero-order valence-corrected chi connectivity index (χ0v) is 8.54. The molecule has 1 aromatic heterocycles. The zero-order valence-electron chi connectivity index (χ0n) is 8.54. The average molecular weight is 227 g/mol. The van der Waals surface area contributed by atoms with E-state index in [1.165, 1.54) is 0 Å². The third-order valence-corrected chi connectivity index (χ3v) is 3.18. The van der Waals surface area contributed by atoms with Gasteiger partial charge < -0.3 is 5.11 Å². The Balaban J connectivity index is 2.44. The lowest BCUT2D eigenvalue weighted by molar-refractivity contribution is -0.139. The Morgan fingerprint density at radius 2 is 1.94 bits per heavy atom. The fourth-order valence-corrected chi connectivity index (χ4v) is 2.33. The highest BCUT2D eigenvalue weighted by Gasteiger charge is 2.44. The normalized spacial score (nSPS) is 17.9. The van der Waals surface area contributed by atoms with E-state index in [1.807, 2.05) is 0 Å². The number of carboxylic acid groups (broad SMARTS) is 1. The molecule has 16 heavy (non-hydrogen) atoms. The predicted molar refractivity (Wildman–Crippen MR) is 51.9 cm³/mol. The van der Waals surface area contributed by atoms with Crippen LogP contribution in [0.2, 0.25) is 0 Å². The number of aromatic nitrogens is 1. The van der Waals surface area contributed by atoms with Gasteiger partial charge in [0, 0.05) is 11.0 Å². The van der Waals surface area contributed by atoms with Crippen LogP contribution < -0.4 is 0 Å². The molecule has 3 nitrogen and oxygen atoms in total. The van der Waals surface area contributed by atoms with Crippen molar-refractivity contribution >= 4 is 5.97 Å². The highest BCUT2D eigenvalue weighted by Crippen LogP contribution is 2.48. The molecule has 0 aliphatic heterocycles. The average Bonchev–Trinajstić information content (AvgIpc) is 2.12. The van der Waals surface area contributed by atoms with Gasteiger partial charge in [-0.2, -0.15) is 0 Å².